The molecule has 0 aromatic heterocycles. The van der Waals surface area contributed by atoms with E-state index in [9.17, 15) is 9.59 Å². The fourth-order valence-corrected chi connectivity index (χ4v) is 4.11. The van der Waals surface area contributed by atoms with Crippen LogP contribution in [0.4, 0.5) is 11.4 Å². The van der Waals surface area contributed by atoms with Gasteiger partial charge in [0.15, 0.2) is 0 Å². The van der Waals surface area contributed by atoms with Crippen molar-refractivity contribution in [1.82, 2.24) is 0 Å². The molecule has 0 saturated carbocycles. The number of para-hydroxylation sites is 2. The van der Waals surface area contributed by atoms with E-state index in [2.05, 4.69) is 52.2 Å². The number of rotatable bonds is 7. The highest BCUT2D eigenvalue weighted by atomic mass is 16.2. The molecule has 1 unspecified atom stereocenters. The standard InChI is InChI=1S/C25H32N2O2/c1-6-17-11-8-9-14-22(17)26-27-23-18(7-2)12-10-13-20(23)21(24(27)29)15-19(28)16-25(3,4)5/h8-14,21,26H,6-7,15-16H2,1-5H3. The first-order valence-corrected chi connectivity index (χ1v) is 10.6. The van der Waals surface area contributed by atoms with Gasteiger partial charge in [0.1, 0.15) is 5.78 Å². The third-order valence-corrected chi connectivity index (χ3v) is 5.44. The molecule has 4 nitrogen and oxygen atoms in total. The van der Waals surface area contributed by atoms with Crippen molar-refractivity contribution in [2.45, 2.75) is 66.2 Å². The zero-order valence-corrected chi connectivity index (χ0v) is 18.2. The molecule has 3 rings (SSSR count). The third-order valence-electron chi connectivity index (χ3n) is 5.44. The van der Waals surface area contributed by atoms with E-state index in [1.165, 1.54) is 0 Å². The number of aryl methyl sites for hydroxylation is 2. The van der Waals surface area contributed by atoms with Gasteiger partial charge in [-0.1, -0.05) is 71.0 Å². The molecular formula is C25H32N2O2. The Morgan fingerprint density at radius 3 is 2.31 bits per heavy atom. The fourth-order valence-electron chi connectivity index (χ4n) is 4.11. The minimum atomic E-state index is -0.423. The molecule has 29 heavy (non-hydrogen) atoms. The average Bonchev–Trinajstić information content (AvgIpc) is 2.92. The number of fused-ring (bicyclic) bond motifs is 1. The van der Waals surface area contributed by atoms with Gasteiger partial charge in [-0.2, -0.15) is 0 Å². The predicted molar refractivity (Wildman–Crippen MR) is 119 cm³/mol. The van der Waals surface area contributed by atoms with Crippen molar-refractivity contribution in [1.29, 1.82) is 0 Å². The Morgan fingerprint density at radius 1 is 1.00 bits per heavy atom. The Hall–Kier alpha value is -2.62. The molecular weight excluding hydrogens is 360 g/mol. The first-order valence-electron chi connectivity index (χ1n) is 10.6. The maximum atomic E-state index is 13.4. The second kappa shape index (κ2) is 8.40. The lowest BCUT2D eigenvalue weighted by Gasteiger charge is -2.24. The molecule has 1 aliphatic rings. The number of hydrazine groups is 1. The second-order valence-corrected chi connectivity index (χ2v) is 9.04. The number of benzene rings is 2. The maximum Gasteiger partial charge on any atom is 0.253 e. The summed E-state index contributed by atoms with van der Waals surface area (Å²) in [6, 6.07) is 14.1. The van der Waals surface area contributed by atoms with E-state index >= 15 is 0 Å². The SMILES string of the molecule is CCc1ccccc1NN1C(=O)C(CC(=O)CC(C)(C)C)c2cccc(CC)c21. The summed E-state index contributed by atoms with van der Waals surface area (Å²) in [6.45, 7) is 10.4. The van der Waals surface area contributed by atoms with Crippen molar-refractivity contribution in [2.24, 2.45) is 5.41 Å². The molecule has 2 aromatic carbocycles. The molecule has 1 heterocycles. The number of hydrogen-bond acceptors (Lipinski definition) is 3. The third kappa shape index (κ3) is 4.52. The van der Waals surface area contributed by atoms with Crippen LogP contribution in [0, 0.1) is 5.41 Å². The second-order valence-electron chi connectivity index (χ2n) is 9.04. The van der Waals surface area contributed by atoms with Crippen LogP contribution in [0.25, 0.3) is 0 Å². The van der Waals surface area contributed by atoms with Crippen molar-refractivity contribution in [3.63, 3.8) is 0 Å². The molecule has 0 fully saturated rings. The first kappa shape index (κ1) is 21.1. The summed E-state index contributed by atoms with van der Waals surface area (Å²) in [7, 11) is 0. The smallest absolute Gasteiger partial charge is 0.253 e. The van der Waals surface area contributed by atoms with E-state index in [0.717, 1.165) is 40.9 Å². The van der Waals surface area contributed by atoms with Crippen molar-refractivity contribution in [3.05, 3.63) is 59.2 Å². The van der Waals surface area contributed by atoms with Crippen molar-refractivity contribution in [2.75, 3.05) is 10.4 Å². The highest BCUT2D eigenvalue weighted by Gasteiger charge is 2.40. The Morgan fingerprint density at radius 2 is 1.66 bits per heavy atom. The van der Waals surface area contributed by atoms with E-state index in [1.54, 1.807) is 5.01 Å². The van der Waals surface area contributed by atoms with E-state index in [4.69, 9.17) is 0 Å². The molecule has 4 heteroatoms. The van der Waals surface area contributed by atoms with Crippen LogP contribution >= 0.6 is 0 Å². The van der Waals surface area contributed by atoms with Crippen LogP contribution < -0.4 is 10.4 Å². The lowest BCUT2D eigenvalue weighted by Crippen LogP contribution is -2.35. The number of amides is 1. The monoisotopic (exact) mass is 392 g/mol. The van der Waals surface area contributed by atoms with Crippen molar-refractivity contribution < 1.29 is 9.59 Å². The fraction of sp³-hybridized carbons (Fsp3) is 0.440. The number of hydrogen-bond donors (Lipinski definition) is 1. The van der Waals surface area contributed by atoms with Crippen LogP contribution in [-0.2, 0) is 22.4 Å². The van der Waals surface area contributed by atoms with E-state index in [-0.39, 0.29) is 23.5 Å². The summed E-state index contributed by atoms with van der Waals surface area (Å²) in [4.78, 5) is 26.1. The van der Waals surface area contributed by atoms with Crippen LogP contribution in [-0.4, -0.2) is 11.7 Å². The molecule has 0 radical (unpaired) electrons. The molecule has 1 atom stereocenters. The van der Waals surface area contributed by atoms with E-state index < -0.39 is 5.92 Å². The lowest BCUT2D eigenvalue weighted by atomic mass is 9.85. The van der Waals surface area contributed by atoms with Gasteiger partial charge in [-0.05, 0) is 41.0 Å². The van der Waals surface area contributed by atoms with Gasteiger partial charge in [-0.25, -0.2) is 5.01 Å². The van der Waals surface area contributed by atoms with Gasteiger partial charge in [-0.3, -0.25) is 15.0 Å². The first-order chi connectivity index (χ1) is 13.7. The number of anilines is 2. The van der Waals surface area contributed by atoms with Crippen LogP contribution in [0.2, 0.25) is 0 Å². The van der Waals surface area contributed by atoms with E-state index in [1.807, 2.05) is 30.3 Å². The van der Waals surface area contributed by atoms with Gasteiger partial charge >= 0.3 is 0 Å². The molecule has 0 saturated heterocycles. The van der Waals surface area contributed by atoms with Gasteiger partial charge in [-0.15, -0.1) is 0 Å². The minimum Gasteiger partial charge on any atom is -0.300 e. The topological polar surface area (TPSA) is 49.4 Å². The molecule has 154 valence electrons. The normalized spacial score (nSPS) is 16.1. The van der Waals surface area contributed by atoms with Gasteiger partial charge in [0.25, 0.3) is 5.91 Å². The molecule has 0 bridgehead atoms. The number of ketones is 1. The predicted octanol–water partition coefficient (Wildman–Crippen LogP) is 5.66. The molecule has 0 spiro atoms. The number of carbonyl (C=O) groups is 2. The Labute approximate surface area is 174 Å². The highest BCUT2D eigenvalue weighted by Crippen LogP contribution is 2.42. The summed E-state index contributed by atoms with van der Waals surface area (Å²) in [5.74, 6) is -0.332. The van der Waals surface area contributed by atoms with Crippen LogP contribution in [0.3, 0.4) is 0 Å². The van der Waals surface area contributed by atoms with Crippen LogP contribution in [0.15, 0.2) is 42.5 Å². The van der Waals surface area contributed by atoms with Gasteiger partial charge in [0.05, 0.1) is 17.3 Å². The molecule has 1 aliphatic heterocycles. The van der Waals surface area contributed by atoms with Gasteiger partial charge < -0.3 is 0 Å². The largest absolute Gasteiger partial charge is 0.300 e. The average molecular weight is 393 g/mol. The summed E-state index contributed by atoms with van der Waals surface area (Å²) in [5.41, 5.74) is 8.36. The lowest BCUT2D eigenvalue weighted by molar-refractivity contribution is -0.125. The molecule has 0 aliphatic carbocycles. The van der Waals surface area contributed by atoms with Crippen molar-refractivity contribution in [3.8, 4) is 0 Å². The molecule has 2 aromatic rings. The summed E-state index contributed by atoms with van der Waals surface area (Å²) in [5, 5.41) is 1.68. The summed E-state index contributed by atoms with van der Waals surface area (Å²) in [6.07, 6.45) is 2.43. The van der Waals surface area contributed by atoms with Crippen molar-refractivity contribution >= 4 is 23.1 Å². The quantitative estimate of drug-likeness (QED) is 0.661. The molecule has 1 N–H and O–H groups in total. The Bertz CT molecular complexity index is 911. The number of nitrogens with zero attached hydrogens (tertiary/aromatic N) is 1. The Kier molecular flexibility index (Phi) is 6.11. The zero-order valence-electron chi connectivity index (χ0n) is 18.2. The Balaban J connectivity index is 1.97. The zero-order chi connectivity index (χ0) is 21.2. The summed E-state index contributed by atoms with van der Waals surface area (Å²) >= 11 is 0. The minimum absolute atomic E-state index is 0.0472. The number of nitrogens with one attached hydrogen (secondary N) is 1. The van der Waals surface area contributed by atoms with Crippen LogP contribution in [0.5, 0.6) is 0 Å². The highest BCUT2D eigenvalue weighted by molar-refractivity contribution is 6.09. The van der Waals surface area contributed by atoms with Crippen LogP contribution in [0.1, 0.15) is 70.1 Å². The van der Waals surface area contributed by atoms with Gasteiger partial charge in [0.2, 0.25) is 0 Å². The maximum absolute atomic E-state index is 13.4. The number of carbonyl (C=O) groups excluding carboxylic acids is 2. The molecule has 1 amide bonds. The number of Topliss-reactive ketones (excluding diaryl/α,β-unsaturated/α-hetero) is 1. The summed E-state index contributed by atoms with van der Waals surface area (Å²) < 4.78 is 0. The van der Waals surface area contributed by atoms with Gasteiger partial charge in [0, 0.05) is 12.8 Å². The van der Waals surface area contributed by atoms with E-state index in [0.29, 0.717) is 6.42 Å².